The van der Waals surface area contributed by atoms with Crippen LogP contribution in [0.5, 0.6) is 5.75 Å². The van der Waals surface area contributed by atoms with Crippen molar-refractivity contribution < 1.29 is 19.1 Å². The van der Waals surface area contributed by atoms with Crippen LogP contribution in [0.1, 0.15) is 37.2 Å². The van der Waals surface area contributed by atoms with E-state index < -0.39 is 11.9 Å². The summed E-state index contributed by atoms with van der Waals surface area (Å²) in [4.78, 5) is 48.3. The van der Waals surface area contributed by atoms with Gasteiger partial charge in [-0.2, -0.15) is 4.99 Å². The van der Waals surface area contributed by atoms with Gasteiger partial charge in [0.1, 0.15) is 22.6 Å². The number of amides is 1. The highest BCUT2D eigenvalue weighted by molar-refractivity contribution is 5.94. The zero-order valence-corrected chi connectivity index (χ0v) is 21.2. The maximum Gasteiger partial charge on any atom is 0.341 e. The van der Waals surface area contributed by atoms with E-state index in [-0.39, 0.29) is 41.3 Å². The average molecular weight is 511 g/mol. The summed E-state index contributed by atoms with van der Waals surface area (Å²) in [6.07, 6.45) is 1.61. The molecule has 3 aromatic heterocycles. The van der Waals surface area contributed by atoms with Crippen LogP contribution >= 0.6 is 0 Å². The number of benzene rings is 2. The van der Waals surface area contributed by atoms with Crippen LogP contribution in [-0.2, 0) is 9.53 Å². The number of esters is 1. The van der Waals surface area contributed by atoms with Crippen molar-refractivity contribution in [1.29, 1.82) is 0 Å². The normalized spacial score (nSPS) is 11.9. The first-order chi connectivity index (χ1) is 18.4. The maximum absolute atomic E-state index is 13.3. The molecular weight excluding hydrogens is 484 g/mol. The number of rotatable bonds is 6. The number of nitrogens with zero attached hydrogens (tertiary/aromatic N) is 4. The van der Waals surface area contributed by atoms with Gasteiger partial charge in [0.25, 0.3) is 11.5 Å². The molecule has 0 N–H and O–H groups in total. The van der Waals surface area contributed by atoms with E-state index in [4.69, 9.17) is 9.47 Å². The summed E-state index contributed by atoms with van der Waals surface area (Å²) in [7, 11) is 0. The van der Waals surface area contributed by atoms with Gasteiger partial charge in [-0.15, -0.1) is 0 Å². The first-order valence-electron chi connectivity index (χ1n) is 12.3. The second-order valence-electron chi connectivity index (χ2n) is 8.95. The number of pyridine rings is 2. The van der Waals surface area contributed by atoms with E-state index in [9.17, 15) is 14.4 Å². The predicted molar refractivity (Wildman–Crippen MR) is 143 cm³/mol. The highest BCUT2D eigenvalue weighted by atomic mass is 16.5. The van der Waals surface area contributed by atoms with E-state index in [1.54, 1.807) is 42.0 Å². The lowest BCUT2D eigenvalue weighted by Crippen LogP contribution is -2.34. The Balaban J connectivity index is 1.64. The summed E-state index contributed by atoms with van der Waals surface area (Å²) < 4.78 is 14.0. The van der Waals surface area contributed by atoms with Crippen molar-refractivity contribution in [2.45, 2.75) is 26.8 Å². The minimum absolute atomic E-state index is 0.00175. The van der Waals surface area contributed by atoms with Gasteiger partial charge in [0.05, 0.1) is 12.0 Å². The minimum Gasteiger partial charge on any atom is -0.484 e. The molecule has 0 spiro atoms. The molecule has 0 bridgehead atoms. The summed E-state index contributed by atoms with van der Waals surface area (Å²) >= 11 is 0. The molecule has 0 aliphatic heterocycles. The minimum atomic E-state index is -0.691. The van der Waals surface area contributed by atoms with E-state index in [1.165, 1.54) is 10.5 Å². The van der Waals surface area contributed by atoms with E-state index in [1.807, 2.05) is 50.2 Å². The molecule has 0 aliphatic carbocycles. The fourth-order valence-electron chi connectivity index (χ4n) is 4.35. The Kier molecular flexibility index (Phi) is 6.74. The van der Waals surface area contributed by atoms with E-state index in [2.05, 4.69) is 9.98 Å². The molecule has 9 heteroatoms. The van der Waals surface area contributed by atoms with Crippen LogP contribution < -0.4 is 15.8 Å². The van der Waals surface area contributed by atoms with Gasteiger partial charge in [-0.25, -0.2) is 9.78 Å². The molecule has 0 aliphatic rings. The summed E-state index contributed by atoms with van der Waals surface area (Å²) in [5.74, 6) is -0.771. The number of fused-ring (bicyclic) bond motifs is 3. The number of hydrogen-bond donors (Lipinski definition) is 0. The van der Waals surface area contributed by atoms with Crippen molar-refractivity contribution in [1.82, 2.24) is 14.0 Å². The second-order valence-corrected chi connectivity index (χ2v) is 8.95. The molecule has 5 aromatic rings. The van der Waals surface area contributed by atoms with Crippen LogP contribution in [0.2, 0.25) is 0 Å². The molecule has 192 valence electrons. The molecular formula is C29H26N4O5. The number of ether oxygens (including phenoxy) is 2. The van der Waals surface area contributed by atoms with E-state index >= 15 is 0 Å². The zero-order valence-electron chi connectivity index (χ0n) is 21.2. The fourth-order valence-corrected chi connectivity index (χ4v) is 4.35. The highest BCUT2D eigenvalue weighted by Crippen LogP contribution is 2.20. The standard InChI is InChI=1S/C29H26N4O5/c1-4-37-29(36)23-16-22-26(30-24-11-7-8-14-32(24)28(22)35)33(18(2)3)27(23)31-25(34)17-38-21-13-12-19-9-5-6-10-20(19)15-21/h5-16,18H,4,17H2,1-3H3. The SMILES string of the molecule is CCOC(=O)c1cc2c(=O)n3ccccc3nc2n(C(C)C)c1=NC(=O)COc1ccc2ccccc2c1. The lowest BCUT2D eigenvalue weighted by Gasteiger charge is -2.17. The summed E-state index contributed by atoms with van der Waals surface area (Å²) in [6.45, 7) is 5.17. The molecule has 0 radical (unpaired) electrons. The Hall–Kier alpha value is -4.79. The van der Waals surface area contributed by atoms with Crippen LogP contribution in [0.3, 0.4) is 0 Å². The van der Waals surface area contributed by atoms with Crippen molar-refractivity contribution in [3.05, 3.63) is 94.3 Å². The molecule has 3 heterocycles. The first kappa shape index (κ1) is 24.9. The number of aromatic nitrogens is 3. The second kappa shape index (κ2) is 10.3. The Morgan fingerprint density at radius 1 is 1.00 bits per heavy atom. The van der Waals surface area contributed by atoms with Crippen LogP contribution in [0.4, 0.5) is 0 Å². The first-order valence-corrected chi connectivity index (χ1v) is 12.3. The van der Waals surface area contributed by atoms with Crippen LogP contribution in [-0.4, -0.2) is 39.0 Å². The largest absolute Gasteiger partial charge is 0.484 e. The zero-order chi connectivity index (χ0) is 26.8. The molecule has 5 rings (SSSR count). The maximum atomic E-state index is 13.3. The topological polar surface area (TPSA) is 104 Å². The molecule has 1 amide bonds. The molecule has 0 unspecified atom stereocenters. The van der Waals surface area contributed by atoms with Crippen LogP contribution in [0, 0.1) is 0 Å². The van der Waals surface area contributed by atoms with Crippen LogP contribution in [0.25, 0.3) is 27.5 Å². The van der Waals surface area contributed by atoms with Gasteiger partial charge in [0.15, 0.2) is 12.1 Å². The van der Waals surface area contributed by atoms with Crippen LogP contribution in [0.15, 0.2) is 82.7 Å². The number of carbonyl (C=O) groups is 2. The van der Waals surface area contributed by atoms with Gasteiger partial charge in [0.2, 0.25) is 0 Å². The van der Waals surface area contributed by atoms with E-state index in [0.717, 1.165) is 10.8 Å². The molecule has 2 aromatic carbocycles. The number of carbonyl (C=O) groups excluding carboxylic acids is 2. The molecule has 9 nitrogen and oxygen atoms in total. The summed E-state index contributed by atoms with van der Waals surface area (Å²) in [5.41, 5.74) is 0.460. The lowest BCUT2D eigenvalue weighted by atomic mass is 10.1. The number of hydrogen-bond acceptors (Lipinski definition) is 6. The smallest absolute Gasteiger partial charge is 0.341 e. The van der Waals surface area contributed by atoms with Gasteiger partial charge in [-0.3, -0.25) is 14.0 Å². The third-order valence-corrected chi connectivity index (χ3v) is 6.06. The lowest BCUT2D eigenvalue weighted by molar-refractivity contribution is -0.120. The van der Waals surface area contributed by atoms with Gasteiger partial charge in [-0.05, 0) is 61.9 Å². The Morgan fingerprint density at radius 3 is 2.53 bits per heavy atom. The molecule has 0 saturated carbocycles. The molecule has 0 fully saturated rings. The van der Waals surface area contributed by atoms with Gasteiger partial charge < -0.3 is 14.0 Å². The third-order valence-electron chi connectivity index (χ3n) is 6.06. The monoisotopic (exact) mass is 510 g/mol. The third kappa shape index (κ3) is 4.66. The Labute approximate surface area is 217 Å². The van der Waals surface area contributed by atoms with E-state index in [0.29, 0.717) is 17.0 Å². The van der Waals surface area contributed by atoms with Crippen molar-refractivity contribution in [3.63, 3.8) is 0 Å². The van der Waals surface area contributed by atoms with Crippen molar-refractivity contribution in [2.75, 3.05) is 13.2 Å². The highest BCUT2D eigenvalue weighted by Gasteiger charge is 2.21. The van der Waals surface area contributed by atoms with Gasteiger partial charge >= 0.3 is 5.97 Å². The molecule has 0 atom stereocenters. The molecule has 38 heavy (non-hydrogen) atoms. The fraction of sp³-hybridized carbons (Fsp3) is 0.207. The average Bonchev–Trinajstić information content (AvgIpc) is 2.91. The van der Waals surface area contributed by atoms with Gasteiger partial charge in [0, 0.05) is 12.2 Å². The Bertz CT molecular complexity index is 1840. The van der Waals surface area contributed by atoms with Crippen molar-refractivity contribution >= 4 is 39.3 Å². The summed E-state index contributed by atoms with van der Waals surface area (Å²) in [6, 6.07) is 19.7. The van der Waals surface area contributed by atoms with Crippen molar-refractivity contribution in [3.8, 4) is 5.75 Å². The summed E-state index contributed by atoms with van der Waals surface area (Å²) in [5, 5.41) is 2.25. The predicted octanol–water partition coefficient (Wildman–Crippen LogP) is 4.07. The quantitative estimate of drug-likeness (QED) is 0.252. The molecule has 0 saturated heterocycles. The van der Waals surface area contributed by atoms with Gasteiger partial charge in [-0.1, -0.05) is 36.4 Å². The van der Waals surface area contributed by atoms with Crippen molar-refractivity contribution in [2.24, 2.45) is 4.99 Å². The Morgan fingerprint density at radius 2 is 1.76 bits per heavy atom.